The Bertz CT molecular complexity index is 830. The number of phosphoric ester groups is 1. The van der Waals surface area contributed by atoms with Crippen LogP contribution in [0, 0.1) is 5.92 Å². The molecule has 0 aliphatic heterocycles. The van der Waals surface area contributed by atoms with Gasteiger partial charge in [0, 0.05) is 12.8 Å². The minimum Gasteiger partial charge on any atom is -0.462 e. The fourth-order valence-corrected chi connectivity index (χ4v) is 7.10. The highest BCUT2D eigenvalue weighted by Gasteiger charge is 2.23. The minimum absolute atomic E-state index is 0.220. The predicted octanol–water partition coefficient (Wildman–Crippen LogP) is 13.5. The lowest BCUT2D eigenvalue weighted by atomic mass is 10.0. The normalized spacial score (nSPS) is 12.4. The van der Waals surface area contributed by atoms with Gasteiger partial charge >= 0.3 is 19.8 Å². The molecule has 0 fully saturated rings. The third kappa shape index (κ3) is 41.8. The Kier molecular flexibility index (Phi) is 37.6. The molecule has 0 saturated carbocycles. The van der Waals surface area contributed by atoms with Gasteiger partial charge in [-0.25, -0.2) is 4.57 Å². The lowest BCUT2D eigenvalue weighted by molar-refractivity contribution is -0.161. The number of unbranched alkanes of at least 4 members (excludes halogenated alkanes) is 29. The van der Waals surface area contributed by atoms with Crippen molar-refractivity contribution in [2.45, 2.75) is 245 Å². The smallest absolute Gasteiger partial charge is 0.462 e. The molecule has 1 atom stereocenters. The Hall–Kier alpha value is -0.950. The Morgan fingerprint density at radius 3 is 1.15 bits per heavy atom. The van der Waals surface area contributed by atoms with Crippen LogP contribution in [-0.2, 0) is 28.2 Å². The molecule has 8 nitrogen and oxygen atoms in total. The summed E-state index contributed by atoms with van der Waals surface area (Å²) in [5.74, 6) is -0.0336. The maximum Gasteiger partial charge on any atom is 0.469 e. The minimum atomic E-state index is -4.75. The van der Waals surface area contributed by atoms with Crippen molar-refractivity contribution in [1.29, 1.82) is 0 Å². The lowest BCUT2D eigenvalue weighted by Gasteiger charge is -2.18. The van der Waals surface area contributed by atoms with E-state index in [1.807, 2.05) is 0 Å². The molecule has 52 heavy (non-hydrogen) atoms. The van der Waals surface area contributed by atoms with Crippen LogP contribution in [0.5, 0.6) is 0 Å². The molecule has 0 aromatic rings. The van der Waals surface area contributed by atoms with Crippen LogP contribution in [-0.4, -0.2) is 41.0 Å². The van der Waals surface area contributed by atoms with Crippen molar-refractivity contribution < 1.29 is 37.9 Å². The quantitative estimate of drug-likeness (QED) is 0.0359. The van der Waals surface area contributed by atoms with Crippen molar-refractivity contribution >= 4 is 19.8 Å². The van der Waals surface area contributed by atoms with Crippen molar-refractivity contribution in [3.8, 4) is 0 Å². The van der Waals surface area contributed by atoms with Gasteiger partial charge in [0.2, 0.25) is 0 Å². The summed E-state index contributed by atoms with van der Waals surface area (Å²) in [6.07, 6.45) is 39.7. The van der Waals surface area contributed by atoms with E-state index in [-0.39, 0.29) is 19.4 Å². The number of hydrogen-bond acceptors (Lipinski definition) is 6. The molecule has 0 aromatic carbocycles. The number of esters is 2. The van der Waals surface area contributed by atoms with E-state index in [1.165, 1.54) is 167 Å². The van der Waals surface area contributed by atoms with Crippen LogP contribution in [0.1, 0.15) is 239 Å². The molecule has 0 aliphatic carbocycles. The largest absolute Gasteiger partial charge is 0.469 e. The molecule has 0 bridgehead atoms. The van der Waals surface area contributed by atoms with Crippen molar-refractivity contribution in [2.75, 3.05) is 13.2 Å². The van der Waals surface area contributed by atoms with Gasteiger partial charge in [0.15, 0.2) is 6.10 Å². The van der Waals surface area contributed by atoms with Crippen molar-refractivity contribution in [1.82, 2.24) is 0 Å². The second-order valence-electron chi connectivity index (χ2n) is 15.9. The van der Waals surface area contributed by atoms with Crippen LogP contribution < -0.4 is 0 Å². The molecular weight excluding hydrogens is 675 g/mol. The highest BCUT2D eigenvalue weighted by molar-refractivity contribution is 7.46. The summed E-state index contributed by atoms with van der Waals surface area (Å²) in [6.45, 7) is 6.07. The third-order valence-corrected chi connectivity index (χ3v) is 10.5. The number of rotatable bonds is 41. The first-order valence-corrected chi connectivity index (χ1v) is 23.7. The van der Waals surface area contributed by atoms with Gasteiger partial charge in [-0.1, -0.05) is 213 Å². The summed E-state index contributed by atoms with van der Waals surface area (Å²) in [5, 5.41) is 0. The van der Waals surface area contributed by atoms with E-state index in [4.69, 9.17) is 19.3 Å². The second kappa shape index (κ2) is 38.3. The second-order valence-corrected chi connectivity index (χ2v) is 17.1. The Morgan fingerprint density at radius 2 is 0.808 bits per heavy atom. The summed E-state index contributed by atoms with van der Waals surface area (Å²) in [4.78, 5) is 42.9. The van der Waals surface area contributed by atoms with Crippen LogP contribution in [0.2, 0.25) is 0 Å². The molecule has 0 unspecified atom stereocenters. The van der Waals surface area contributed by atoms with Gasteiger partial charge in [-0.3, -0.25) is 14.1 Å². The maximum atomic E-state index is 12.4. The molecular formula is C43H85O8P. The van der Waals surface area contributed by atoms with Crippen molar-refractivity contribution in [3.05, 3.63) is 0 Å². The van der Waals surface area contributed by atoms with Crippen LogP contribution in [0.3, 0.4) is 0 Å². The lowest BCUT2D eigenvalue weighted by Crippen LogP contribution is -2.29. The zero-order valence-electron chi connectivity index (χ0n) is 34.4. The van der Waals surface area contributed by atoms with Gasteiger partial charge in [0.25, 0.3) is 0 Å². The molecule has 0 aliphatic rings. The van der Waals surface area contributed by atoms with E-state index in [0.29, 0.717) is 6.42 Å². The van der Waals surface area contributed by atoms with E-state index in [9.17, 15) is 14.2 Å². The van der Waals surface area contributed by atoms with Gasteiger partial charge in [-0.05, 0) is 18.8 Å². The summed E-state index contributed by atoms with van der Waals surface area (Å²) in [6, 6.07) is 0. The number of carbonyl (C=O) groups is 2. The molecule has 0 aromatic heterocycles. The van der Waals surface area contributed by atoms with Crippen LogP contribution in [0.25, 0.3) is 0 Å². The average Bonchev–Trinajstić information content (AvgIpc) is 3.10. The van der Waals surface area contributed by atoms with Gasteiger partial charge < -0.3 is 19.3 Å². The van der Waals surface area contributed by atoms with Crippen LogP contribution in [0.4, 0.5) is 0 Å². The molecule has 0 radical (unpaired) electrons. The average molecular weight is 761 g/mol. The van der Waals surface area contributed by atoms with E-state index >= 15 is 0 Å². The zero-order valence-corrected chi connectivity index (χ0v) is 35.3. The predicted molar refractivity (Wildman–Crippen MR) is 216 cm³/mol. The molecule has 0 heterocycles. The topological polar surface area (TPSA) is 119 Å². The van der Waals surface area contributed by atoms with Gasteiger partial charge in [0.1, 0.15) is 6.61 Å². The molecule has 2 N–H and O–H groups in total. The molecule has 9 heteroatoms. The Morgan fingerprint density at radius 1 is 0.481 bits per heavy atom. The van der Waals surface area contributed by atoms with Crippen molar-refractivity contribution in [2.24, 2.45) is 5.92 Å². The monoisotopic (exact) mass is 761 g/mol. The van der Waals surface area contributed by atoms with E-state index in [1.54, 1.807) is 0 Å². The molecule has 0 amide bonds. The molecule has 0 saturated heterocycles. The maximum absolute atomic E-state index is 12.4. The van der Waals surface area contributed by atoms with Gasteiger partial charge in [-0.2, -0.15) is 0 Å². The Labute approximate surface area is 321 Å². The van der Waals surface area contributed by atoms with E-state index in [0.717, 1.165) is 38.0 Å². The summed E-state index contributed by atoms with van der Waals surface area (Å²) in [7, 11) is -4.75. The first-order valence-electron chi connectivity index (χ1n) is 22.2. The highest BCUT2D eigenvalue weighted by atomic mass is 31.2. The zero-order chi connectivity index (χ0) is 38.4. The molecule has 0 rings (SSSR count). The number of phosphoric acid groups is 1. The third-order valence-electron chi connectivity index (χ3n) is 10.1. The molecule has 0 spiro atoms. The fraction of sp³-hybridized carbons (Fsp3) is 0.953. The van der Waals surface area contributed by atoms with Crippen LogP contribution in [0.15, 0.2) is 0 Å². The van der Waals surface area contributed by atoms with Crippen molar-refractivity contribution in [3.63, 3.8) is 0 Å². The van der Waals surface area contributed by atoms with Gasteiger partial charge in [-0.15, -0.1) is 0 Å². The molecule has 310 valence electrons. The van der Waals surface area contributed by atoms with E-state index in [2.05, 4.69) is 25.3 Å². The number of carbonyl (C=O) groups excluding carboxylic acids is 2. The number of hydrogen-bond donors (Lipinski definition) is 2. The first kappa shape index (κ1) is 51.0. The Balaban J connectivity index is 3.84. The SMILES string of the molecule is CCCCCCCCCCCCCCCCCCCC(=O)O[C@H](COC(=O)CCCCCCCCCCCCCCCCC(C)C)COP(=O)(O)O. The first-order chi connectivity index (χ1) is 25.1. The summed E-state index contributed by atoms with van der Waals surface area (Å²) < 4.78 is 26.4. The van der Waals surface area contributed by atoms with Gasteiger partial charge in [0.05, 0.1) is 6.61 Å². The number of ether oxygens (including phenoxy) is 2. The van der Waals surface area contributed by atoms with E-state index < -0.39 is 32.5 Å². The summed E-state index contributed by atoms with van der Waals surface area (Å²) >= 11 is 0. The highest BCUT2D eigenvalue weighted by Crippen LogP contribution is 2.36. The summed E-state index contributed by atoms with van der Waals surface area (Å²) in [5.41, 5.74) is 0. The standard InChI is InChI=1S/C43H85O8P/c1-4-5-6-7-8-9-10-11-12-13-14-19-22-25-28-31-34-37-43(45)51-41(39-50-52(46,47)48)38-49-42(44)36-33-30-27-24-21-18-16-15-17-20-23-26-29-32-35-40(2)3/h40-41H,4-39H2,1-3H3,(H2,46,47,48)/t41-/m1/s1. The fourth-order valence-electron chi connectivity index (χ4n) is 6.74. The van der Waals surface area contributed by atoms with Crippen LogP contribution >= 0.6 is 7.82 Å².